The number of hydrazone groups is 1. The van der Waals surface area contributed by atoms with Crippen LogP contribution >= 0.6 is 45.8 Å². The fraction of sp³-hybridized carbons (Fsp3) is 0.385. The molecule has 2 aromatic carbocycles. The number of nitrogens with zero attached hydrogens (tertiary/aromatic N) is 1. The maximum atomic E-state index is 12.9. The zero-order valence-corrected chi connectivity index (χ0v) is 25.5. The van der Waals surface area contributed by atoms with Crippen LogP contribution in [0, 0.1) is 9.49 Å². The third-order valence-corrected chi connectivity index (χ3v) is 6.30. The molecule has 0 aromatic heterocycles. The van der Waals surface area contributed by atoms with Crippen LogP contribution in [-0.4, -0.2) is 54.5 Å². The van der Waals surface area contributed by atoms with Gasteiger partial charge >= 0.3 is 5.97 Å². The number of aliphatic carboxylic acids is 1. The minimum absolute atomic E-state index is 0.0978. The molecule has 2 aromatic rings. The Kier molecular flexibility index (Phi) is 13.1. The summed E-state index contributed by atoms with van der Waals surface area (Å²) >= 11 is 14.0. The number of carbonyl (C=O) groups is 3. The van der Waals surface area contributed by atoms with Crippen molar-refractivity contribution in [3.63, 3.8) is 0 Å². The van der Waals surface area contributed by atoms with Crippen LogP contribution in [0.3, 0.4) is 0 Å². The Bertz CT molecular complexity index is 1210. The first kappa shape index (κ1) is 32.4. The number of carboxylic acids is 1. The van der Waals surface area contributed by atoms with Gasteiger partial charge in [0.25, 0.3) is 11.8 Å². The van der Waals surface area contributed by atoms with Gasteiger partial charge < -0.3 is 24.6 Å². The second-order valence-corrected chi connectivity index (χ2v) is 10.7. The fourth-order valence-corrected chi connectivity index (χ4v) is 4.49. The van der Waals surface area contributed by atoms with Gasteiger partial charge in [-0.15, -0.1) is 0 Å². The van der Waals surface area contributed by atoms with Crippen LogP contribution in [0.4, 0.5) is 0 Å². The van der Waals surface area contributed by atoms with Crippen molar-refractivity contribution >= 4 is 69.8 Å². The third kappa shape index (κ3) is 10.7. The number of hydrogen-bond acceptors (Lipinski definition) is 7. The minimum atomic E-state index is -1.11. The van der Waals surface area contributed by atoms with Gasteiger partial charge in [0, 0.05) is 5.02 Å². The second-order valence-electron chi connectivity index (χ2n) is 8.71. The number of rotatable bonds is 14. The van der Waals surface area contributed by atoms with Crippen LogP contribution in [0.5, 0.6) is 17.2 Å². The molecule has 10 nitrogen and oxygen atoms in total. The Hall–Kier alpha value is -2.77. The lowest BCUT2D eigenvalue weighted by atomic mass is 10.0. The number of amides is 2. The Morgan fingerprint density at radius 1 is 1.08 bits per heavy atom. The van der Waals surface area contributed by atoms with E-state index in [1.807, 2.05) is 36.4 Å². The van der Waals surface area contributed by atoms with Gasteiger partial charge in [-0.25, -0.2) is 10.2 Å². The molecule has 0 aliphatic carbocycles. The average molecular weight is 694 g/mol. The molecule has 0 saturated carbocycles. The summed E-state index contributed by atoms with van der Waals surface area (Å²) in [6, 6.07) is 7.11. The summed E-state index contributed by atoms with van der Waals surface area (Å²) in [6.45, 7) is 7.00. The van der Waals surface area contributed by atoms with Crippen molar-refractivity contribution in [3.05, 3.63) is 49.5 Å². The predicted octanol–water partition coefficient (Wildman–Crippen LogP) is 4.91. The molecule has 13 heteroatoms. The monoisotopic (exact) mass is 693 g/mol. The first-order chi connectivity index (χ1) is 18.4. The molecular formula is C26H30Cl2IN3O7. The van der Waals surface area contributed by atoms with E-state index < -0.39 is 36.5 Å². The van der Waals surface area contributed by atoms with Gasteiger partial charge in [0.2, 0.25) is 0 Å². The van der Waals surface area contributed by atoms with E-state index in [1.54, 1.807) is 38.1 Å². The van der Waals surface area contributed by atoms with E-state index in [0.717, 1.165) is 0 Å². The highest BCUT2D eigenvalue weighted by atomic mass is 127. The molecule has 0 spiro atoms. The highest BCUT2D eigenvalue weighted by Gasteiger charge is 2.25. The smallest absolute Gasteiger partial charge is 0.341 e. The molecule has 0 unspecified atom stereocenters. The number of carboxylic acid groups (broad SMARTS) is 1. The minimum Gasteiger partial charge on any atom is -0.490 e. The maximum absolute atomic E-state index is 12.9. The van der Waals surface area contributed by atoms with Gasteiger partial charge in [-0.2, -0.15) is 5.10 Å². The standard InChI is InChI=1S/C26H30Cl2IN3O7/c1-5-37-22-10-16(9-19(29)24(22)38-13-23(33)34)12-30-32-26(36)20(8-14(2)3)31-25(35)15(4)39-21-7-6-17(27)11-18(21)28/h6-7,9-12,14-15,20H,5,8,13H2,1-4H3,(H,31,35)(H,32,36)(H,33,34)/b30-12-/t15-,20+/m0/s1. The summed E-state index contributed by atoms with van der Waals surface area (Å²) in [6.07, 6.45) is 0.839. The van der Waals surface area contributed by atoms with Gasteiger partial charge in [0.05, 0.1) is 21.4 Å². The van der Waals surface area contributed by atoms with Crippen molar-refractivity contribution in [2.45, 2.75) is 46.3 Å². The Morgan fingerprint density at radius 2 is 1.79 bits per heavy atom. The molecule has 0 fully saturated rings. The molecule has 0 aliphatic heterocycles. The molecule has 0 saturated heterocycles. The van der Waals surface area contributed by atoms with Crippen LogP contribution in [0.15, 0.2) is 35.4 Å². The van der Waals surface area contributed by atoms with Crippen LogP contribution in [-0.2, 0) is 14.4 Å². The van der Waals surface area contributed by atoms with Crippen molar-refractivity contribution in [2.75, 3.05) is 13.2 Å². The van der Waals surface area contributed by atoms with E-state index >= 15 is 0 Å². The summed E-state index contributed by atoms with van der Waals surface area (Å²) < 4.78 is 17.2. The number of ether oxygens (including phenoxy) is 3. The number of benzene rings is 2. The molecule has 0 radical (unpaired) electrons. The van der Waals surface area contributed by atoms with E-state index in [-0.39, 0.29) is 10.9 Å². The van der Waals surface area contributed by atoms with Crippen molar-refractivity contribution in [1.82, 2.24) is 10.7 Å². The number of halogens is 3. The highest BCUT2D eigenvalue weighted by molar-refractivity contribution is 14.1. The molecule has 2 atom stereocenters. The number of carbonyl (C=O) groups excluding carboxylic acids is 2. The first-order valence-electron chi connectivity index (χ1n) is 12.0. The van der Waals surface area contributed by atoms with Crippen LogP contribution in [0.2, 0.25) is 10.0 Å². The summed E-state index contributed by atoms with van der Waals surface area (Å²) in [5.74, 6) is -1.08. The first-order valence-corrected chi connectivity index (χ1v) is 13.8. The largest absolute Gasteiger partial charge is 0.490 e. The van der Waals surface area contributed by atoms with Crippen LogP contribution < -0.4 is 25.0 Å². The second kappa shape index (κ2) is 15.7. The Balaban J connectivity index is 2.09. The lowest BCUT2D eigenvalue weighted by Crippen LogP contribution is -2.49. The summed E-state index contributed by atoms with van der Waals surface area (Å²) in [5, 5.41) is 16.3. The van der Waals surface area contributed by atoms with E-state index in [4.69, 9.17) is 42.5 Å². The van der Waals surface area contributed by atoms with Gasteiger partial charge in [0.15, 0.2) is 24.2 Å². The lowest BCUT2D eigenvalue weighted by molar-refractivity contribution is -0.139. The molecule has 3 N–H and O–H groups in total. The molecule has 0 aliphatic rings. The predicted molar refractivity (Wildman–Crippen MR) is 157 cm³/mol. The highest BCUT2D eigenvalue weighted by Crippen LogP contribution is 2.34. The van der Waals surface area contributed by atoms with Crippen molar-refractivity contribution in [2.24, 2.45) is 11.0 Å². The van der Waals surface area contributed by atoms with Crippen LogP contribution in [0.25, 0.3) is 0 Å². The van der Waals surface area contributed by atoms with Gasteiger partial charge in [-0.1, -0.05) is 37.0 Å². The fourth-order valence-electron chi connectivity index (χ4n) is 3.25. The van der Waals surface area contributed by atoms with E-state index in [1.165, 1.54) is 12.3 Å². The third-order valence-electron chi connectivity index (χ3n) is 4.97. The van der Waals surface area contributed by atoms with Crippen molar-refractivity contribution in [3.8, 4) is 17.2 Å². The molecule has 212 valence electrons. The zero-order chi connectivity index (χ0) is 29.1. The molecular weight excluding hydrogens is 664 g/mol. The molecule has 0 heterocycles. The molecule has 2 rings (SSSR count). The summed E-state index contributed by atoms with van der Waals surface area (Å²) in [4.78, 5) is 36.6. The van der Waals surface area contributed by atoms with Crippen molar-refractivity contribution < 1.29 is 33.7 Å². The molecule has 2 amide bonds. The quantitative estimate of drug-likeness (QED) is 0.145. The van der Waals surface area contributed by atoms with Crippen LogP contribution in [0.1, 0.15) is 39.7 Å². The van der Waals surface area contributed by atoms with Crippen molar-refractivity contribution in [1.29, 1.82) is 0 Å². The Labute approximate surface area is 250 Å². The molecule has 39 heavy (non-hydrogen) atoms. The number of nitrogens with one attached hydrogen (secondary N) is 2. The summed E-state index contributed by atoms with van der Waals surface area (Å²) in [5.41, 5.74) is 3.04. The SMILES string of the molecule is CCOc1cc(/C=N\NC(=O)[C@@H](CC(C)C)NC(=O)[C@H](C)Oc2ccc(Cl)cc2Cl)cc(I)c1OCC(=O)O. The van der Waals surface area contributed by atoms with Gasteiger partial charge in [-0.3, -0.25) is 9.59 Å². The average Bonchev–Trinajstić information content (AvgIpc) is 2.84. The lowest BCUT2D eigenvalue weighted by Gasteiger charge is -2.22. The van der Waals surface area contributed by atoms with Gasteiger partial charge in [-0.05, 0) is 84.7 Å². The van der Waals surface area contributed by atoms with Gasteiger partial charge in [0.1, 0.15) is 11.8 Å². The Morgan fingerprint density at radius 3 is 2.41 bits per heavy atom. The summed E-state index contributed by atoms with van der Waals surface area (Å²) in [7, 11) is 0. The topological polar surface area (TPSA) is 136 Å². The zero-order valence-electron chi connectivity index (χ0n) is 21.8. The van der Waals surface area contributed by atoms with E-state index in [2.05, 4.69) is 15.8 Å². The molecule has 0 bridgehead atoms. The maximum Gasteiger partial charge on any atom is 0.341 e. The van der Waals surface area contributed by atoms with E-state index in [0.29, 0.717) is 44.4 Å². The normalized spacial score (nSPS) is 12.6. The van der Waals surface area contributed by atoms with E-state index in [9.17, 15) is 14.4 Å². The number of hydrogen-bond donors (Lipinski definition) is 3.